The molecule has 0 spiro atoms. The fraction of sp³-hybridized carbons (Fsp3) is 0.385. The Balaban J connectivity index is 2.44. The number of rotatable bonds is 3. The van der Waals surface area contributed by atoms with Gasteiger partial charge in [0.2, 0.25) is 0 Å². The predicted octanol–water partition coefficient (Wildman–Crippen LogP) is 3.19. The lowest BCUT2D eigenvalue weighted by Gasteiger charge is -2.14. The molecule has 1 heterocycles. The molecule has 0 aliphatic carbocycles. The van der Waals surface area contributed by atoms with E-state index in [2.05, 4.69) is 9.59 Å². The summed E-state index contributed by atoms with van der Waals surface area (Å²) in [5.41, 5.74) is 2.20. The fourth-order valence-electron chi connectivity index (χ4n) is 1.84. The van der Waals surface area contributed by atoms with Gasteiger partial charge in [-0.2, -0.15) is 0 Å². The van der Waals surface area contributed by atoms with Crippen molar-refractivity contribution < 1.29 is 9.50 Å². The van der Waals surface area contributed by atoms with Crippen molar-refractivity contribution in [1.29, 1.82) is 0 Å². The molecule has 96 valence electrons. The molecule has 0 aliphatic rings. The van der Waals surface area contributed by atoms with Gasteiger partial charge in [0.05, 0.1) is 10.6 Å². The van der Waals surface area contributed by atoms with Crippen LogP contribution in [0.4, 0.5) is 4.39 Å². The predicted molar refractivity (Wildman–Crippen MR) is 69.2 cm³/mol. The van der Waals surface area contributed by atoms with Crippen LogP contribution in [0.2, 0.25) is 0 Å². The number of hydrogen-bond acceptors (Lipinski definition) is 4. The van der Waals surface area contributed by atoms with Gasteiger partial charge in [-0.3, -0.25) is 0 Å². The number of benzene rings is 1. The molecule has 1 N–H and O–H groups in total. The number of aliphatic hydroxyl groups excluding tert-OH is 1. The van der Waals surface area contributed by atoms with E-state index in [4.69, 9.17) is 0 Å². The average molecular weight is 266 g/mol. The first-order chi connectivity index (χ1) is 8.50. The summed E-state index contributed by atoms with van der Waals surface area (Å²) in [5.74, 6) is -0.166. The third-order valence-corrected chi connectivity index (χ3v) is 3.66. The lowest BCUT2D eigenvalue weighted by molar-refractivity contribution is 0.221. The zero-order chi connectivity index (χ0) is 13.3. The van der Waals surface area contributed by atoms with E-state index < -0.39 is 6.10 Å². The summed E-state index contributed by atoms with van der Waals surface area (Å²) in [5, 5.41) is 14.4. The molecule has 2 rings (SSSR count). The molecule has 0 aliphatic heterocycles. The highest BCUT2D eigenvalue weighted by molar-refractivity contribution is 7.05. The van der Waals surface area contributed by atoms with Crippen LogP contribution in [0.3, 0.4) is 0 Å². The fourth-order valence-corrected chi connectivity index (χ4v) is 2.66. The van der Waals surface area contributed by atoms with E-state index in [1.54, 1.807) is 6.07 Å². The van der Waals surface area contributed by atoms with Gasteiger partial charge in [-0.25, -0.2) is 4.39 Å². The van der Waals surface area contributed by atoms with Crippen LogP contribution < -0.4 is 0 Å². The highest BCUT2D eigenvalue weighted by Gasteiger charge is 2.22. The van der Waals surface area contributed by atoms with Crippen molar-refractivity contribution in [3.05, 3.63) is 45.7 Å². The van der Waals surface area contributed by atoms with Gasteiger partial charge in [0.1, 0.15) is 11.9 Å². The number of aliphatic hydroxyl groups is 1. The highest BCUT2D eigenvalue weighted by atomic mass is 32.1. The molecule has 1 atom stereocenters. The molecule has 3 nitrogen and oxygen atoms in total. The minimum absolute atomic E-state index is 0.183. The van der Waals surface area contributed by atoms with Gasteiger partial charge in [-0.15, -0.1) is 5.10 Å². The summed E-state index contributed by atoms with van der Waals surface area (Å²) < 4.78 is 17.1. The third-order valence-electron chi connectivity index (χ3n) is 2.87. The minimum atomic E-state index is -0.863. The number of halogens is 1. The summed E-state index contributed by atoms with van der Waals surface area (Å²) in [6.45, 7) is 5.83. The van der Waals surface area contributed by atoms with Crippen LogP contribution in [0.15, 0.2) is 18.2 Å². The van der Waals surface area contributed by atoms with Crippen LogP contribution in [0.1, 0.15) is 47.6 Å². The molecule has 0 saturated carbocycles. The van der Waals surface area contributed by atoms with E-state index in [0.29, 0.717) is 10.4 Å². The zero-order valence-corrected chi connectivity index (χ0v) is 11.3. The largest absolute Gasteiger partial charge is 0.383 e. The normalized spacial score (nSPS) is 13.0. The first-order valence-electron chi connectivity index (χ1n) is 5.77. The van der Waals surface area contributed by atoms with Crippen molar-refractivity contribution >= 4 is 11.5 Å². The summed E-state index contributed by atoms with van der Waals surface area (Å²) in [6, 6.07) is 4.42. The molecule has 0 fully saturated rings. The molecule has 0 radical (unpaired) electrons. The maximum absolute atomic E-state index is 13.3. The van der Waals surface area contributed by atoms with Gasteiger partial charge in [0.15, 0.2) is 0 Å². The second kappa shape index (κ2) is 5.12. The van der Waals surface area contributed by atoms with Crippen molar-refractivity contribution in [2.24, 2.45) is 0 Å². The van der Waals surface area contributed by atoms with Crippen LogP contribution >= 0.6 is 11.5 Å². The Morgan fingerprint density at radius 3 is 2.72 bits per heavy atom. The molecule has 5 heteroatoms. The Morgan fingerprint density at radius 1 is 1.33 bits per heavy atom. The molecule has 2 aromatic rings. The second-order valence-corrected chi connectivity index (χ2v) is 5.37. The van der Waals surface area contributed by atoms with Crippen molar-refractivity contribution in [2.45, 2.75) is 32.8 Å². The van der Waals surface area contributed by atoms with Crippen molar-refractivity contribution in [2.75, 3.05) is 0 Å². The molecule has 0 saturated heterocycles. The monoisotopic (exact) mass is 266 g/mol. The quantitative estimate of drug-likeness (QED) is 0.928. The molecule has 0 amide bonds. The van der Waals surface area contributed by atoms with Gasteiger partial charge in [0, 0.05) is 0 Å². The van der Waals surface area contributed by atoms with Gasteiger partial charge >= 0.3 is 0 Å². The van der Waals surface area contributed by atoms with Crippen LogP contribution in [0.25, 0.3) is 0 Å². The van der Waals surface area contributed by atoms with Crippen molar-refractivity contribution in [1.82, 2.24) is 9.59 Å². The smallest absolute Gasteiger partial charge is 0.123 e. The Bertz CT molecular complexity index is 554. The molecular formula is C13H15FN2OS. The summed E-state index contributed by atoms with van der Waals surface area (Å²) >= 11 is 1.16. The lowest BCUT2D eigenvalue weighted by atomic mass is 9.99. The Hall–Kier alpha value is -1.33. The molecular weight excluding hydrogens is 251 g/mol. The van der Waals surface area contributed by atoms with Gasteiger partial charge < -0.3 is 5.11 Å². The Labute approximate surface area is 109 Å². The Morgan fingerprint density at radius 2 is 2.06 bits per heavy atom. The topological polar surface area (TPSA) is 46.0 Å². The maximum atomic E-state index is 13.3. The van der Waals surface area contributed by atoms with E-state index in [1.165, 1.54) is 12.1 Å². The van der Waals surface area contributed by atoms with E-state index in [1.807, 2.05) is 20.8 Å². The molecule has 1 unspecified atom stereocenters. The van der Waals surface area contributed by atoms with Crippen LogP contribution in [0.5, 0.6) is 0 Å². The number of nitrogens with zero attached hydrogens (tertiary/aromatic N) is 2. The molecule has 0 bridgehead atoms. The van der Waals surface area contributed by atoms with Crippen LogP contribution in [0, 0.1) is 12.7 Å². The van der Waals surface area contributed by atoms with Gasteiger partial charge in [-0.1, -0.05) is 24.4 Å². The van der Waals surface area contributed by atoms with Gasteiger partial charge in [0.25, 0.3) is 0 Å². The van der Waals surface area contributed by atoms with E-state index >= 15 is 0 Å². The van der Waals surface area contributed by atoms with Crippen molar-refractivity contribution in [3.63, 3.8) is 0 Å². The summed E-state index contributed by atoms with van der Waals surface area (Å²) in [6.07, 6.45) is -0.863. The van der Waals surface area contributed by atoms with Crippen LogP contribution in [-0.4, -0.2) is 14.7 Å². The Kier molecular flexibility index (Phi) is 3.73. The standard InChI is InChI=1S/C13H15FN2OS/c1-7(2)11-13(18-16-15-11)12(17)10-6-9(14)5-4-8(10)3/h4-7,12,17H,1-3H3. The second-order valence-electron chi connectivity index (χ2n) is 4.58. The zero-order valence-electron chi connectivity index (χ0n) is 10.5. The molecule has 18 heavy (non-hydrogen) atoms. The number of aromatic nitrogens is 2. The molecule has 1 aromatic heterocycles. The van der Waals surface area contributed by atoms with E-state index in [9.17, 15) is 9.50 Å². The first kappa shape index (κ1) is 13.1. The SMILES string of the molecule is Cc1ccc(F)cc1C(O)c1snnc1C(C)C. The summed E-state index contributed by atoms with van der Waals surface area (Å²) in [4.78, 5) is 0.693. The minimum Gasteiger partial charge on any atom is -0.383 e. The maximum Gasteiger partial charge on any atom is 0.123 e. The third kappa shape index (κ3) is 2.42. The number of hydrogen-bond donors (Lipinski definition) is 1. The van der Waals surface area contributed by atoms with Crippen LogP contribution in [-0.2, 0) is 0 Å². The van der Waals surface area contributed by atoms with Crippen molar-refractivity contribution in [3.8, 4) is 0 Å². The number of aryl methyl sites for hydroxylation is 1. The molecule has 1 aromatic carbocycles. The van der Waals surface area contributed by atoms with E-state index in [-0.39, 0.29) is 11.7 Å². The van der Waals surface area contributed by atoms with E-state index in [0.717, 1.165) is 22.8 Å². The summed E-state index contributed by atoms with van der Waals surface area (Å²) in [7, 11) is 0. The lowest BCUT2D eigenvalue weighted by Crippen LogP contribution is -2.05. The highest BCUT2D eigenvalue weighted by Crippen LogP contribution is 2.32. The average Bonchev–Trinajstić information content (AvgIpc) is 2.80. The van der Waals surface area contributed by atoms with Gasteiger partial charge in [-0.05, 0) is 47.6 Å². The first-order valence-corrected chi connectivity index (χ1v) is 6.54.